The minimum atomic E-state index is -0.0132. The molecule has 2 fully saturated rings. The molecule has 0 unspecified atom stereocenters. The van der Waals surface area contributed by atoms with Gasteiger partial charge in [-0.1, -0.05) is 37.1 Å². The number of benzene rings is 1. The maximum atomic E-state index is 12.2. The Labute approximate surface area is 101 Å². The van der Waals surface area contributed by atoms with E-state index >= 15 is 0 Å². The molecule has 1 aromatic rings. The third-order valence-electron chi connectivity index (χ3n) is 5.07. The molecular weight excluding hydrogens is 210 g/mol. The van der Waals surface area contributed by atoms with Crippen molar-refractivity contribution in [1.82, 2.24) is 5.32 Å². The first kappa shape index (κ1) is 9.69. The van der Waals surface area contributed by atoms with Crippen LogP contribution in [0.15, 0.2) is 24.3 Å². The number of nitrogens with one attached hydrogen (secondary N) is 1. The molecular formula is C15H17NO. The van der Waals surface area contributed by atoms with Crippen molar-refractivity contribution in [2.24, 2.45) is 5.92 Å². The van der Waals surface area contributed by atoms with Crippen molar-refractivity contribution in [2.75, 3.05) is 0 Å². The third kappa shape index (κ3) is 1.09. The summed E-state index contributed by atoms with van der Waals surface area (Å²) in [5.74, 6) is 1.06. The Balaban J connectivity index is 1.96. The van der Waals surface area contributed by atoms with E-state index in [1.54, 1.807) is 0 Å². The van der Waals surface area contributed by atoms with Gasteiger partial charge in [-0.25, -0.2) is 0 Å². The van der Waals surface area contributed by atoms with Gasteiger partial charge in [0, 0.05) is 0 Å². The first-order chi connectivity index (χ1) is 8.31. The Morgan fingerprint density at radius 1 is 1.24 bits per heavy atom. The highest BCUT2D eigenvalue weighted by Crippen LogP contribution is 2.55. The molecule has 2 bridgehead atoms. The summed E-state index contributed by atoms with van der Waals surface area (Å²) in [5.41, 5.74) is 2.70. The number of carbonyl (C=O) groups is 1. The average molecular weight is 227 g/mol. The molecule has 1 aromatic carbocycles. The lowest BCUT2D eigenvalue weighted by molar-refractivity contribution is -0.132. The van der Waals surface area contributed by atoms with Crippen LogP contribution in [0.4, 0.5) is 0 Å². The predicted molar refractivity (Wildman–Crippen MR) is 65.6 cm³/mol. The van der Waals surface area contributed by atoms with Crippen molar-refractivity contribution >= 4 is 5.91 Å². The molecule has 2 heterocycles. The van der Waals surface area contributed by atoms with Gasteiger partial charge in [0.2, 0.25) is 5.91 Å². The lowest BCUT2D eigenvalue weighted by Gasteiger charge is -2.55. The fourth-order valence-electron chi connectivity index (χ4n) is 4.32. The van der Waals surface area contributed by atoms with Crippen LogP contribution < -0.4 is 5.32 Å². The summed E-state index contributed by atoms with van der Waals surface area (Å²) in [6.45, 7) is 0. The Bertz CT molecular complexity index is 495. The van der Waals surface area contributed by atoms with E-state index in [0.29, 0.717) is 5.92 Å². The summed E-state index contributed by atoms with van der Waals surface area (Å²) in [6, 6.07) is 8.58. The van der Waals surface area contributed by atoms with Crippen molar-refractivity contribution in [1.29, 1.82) is 0 Å². The molecule has 0 radical (unpaired) electrons. The Hall–Kier alpha value is -1.31. The van der Waals surface area contributed by atoms with Crippen molar-refractivity contribution in [3.8, 4) is 0 Å². The Morgan fingerprint density at radius 3 is 3.06 bits per heavy atom. The maximum Gasteiger partial charge on any atom is 0.228 e. The average Bonchev–Trinajstić information content (AvgIpc) is 2.38. The monoisotopic (exact) mass is 227 g/mol. The Morgan fingerprint density at radius 2 is 2.12 bits per heavy atom. The van der Waals surface area contributed by atoms with Gasteiger partial charge in [-0.3, -0.25) is 4.79 Å². The summed E-state index contributed by atoms with van der Waals surface area (Å²) in [4.78, 5) is 12.2. The highest BCUT2D eigenvalue weighted by atomic mass is 16.2. The van der Waals surface area contributed by atoms with Crippen LogP contribution in [0.1, 0.15) is 49.1 Å². The summed E-state index contributed by atoms with van der Waals surface area (Å²) in [6.07, 6.45) is 6.06. The molecule has 2 aliphatic heterocycles. The van der Waals surface area contributed by atoms with Crippen LogP contribution in [-0.4, -0.2) is 5.91 Å². The van der Waals surface area contributed by atoms with Gasteiger partial charge in [0.05, 0.1) is 11.5 Å². The van der Waals surface area contributed by atoms with E-state index in [1.807, 2.05) is 0 Å². The lowest BCUT2D eigenvalue weighted by Crippen LogP contribution is -2.62. The van der Waals surface area contributed by atoms with Crippen molar-refractivity contribution in [2.45, 2.75) is 43.6 Å². The van der Waals surface area contributed by atoms with Gasteiger partial charge < -0.3 is 5.32 Å². The molecule has 0 aromatic heterocycles. The quantitative estimate of drug-likeness (QED) is 0.725. The fourth-order valence-corrected chi connectivity index (χ4v) is 4.32. The van der Waals surface area contributed by atoms with Gasteiger partial charge in [-0.2, -0.15) is 0 Å². The fraction of sp³-hybridized carbons (Fsp3) is 0.533. The minimum absolute atomic E-state index is 0.0132. The van der Waals surface area contributed by atoms with E-state index < -0.39 is 0 Å². The zero-order valence-electron chi connectivity index (χ0n) is 9.91. The van der Waals surface area contributed by atoms with E-state index in [-0.39, 0.29) is 17.4 Å². The molecule has 1 saturated carbocycles. The highest BCUT2D eigenvalue weighted by Gasteiger charge is 2.54. The number of fused-ring (bicyclic) bond motifs is 1. The summed E-state index contributed by atoms with van der Waals surface area (Å²) < 4.78 is 0. The number of hydrogen-bond donors (Lipinski definition) is 1. The van der Waals surface area contributed by atoms with E-state index in [9.17, 15) is 4.79 Å². The molecule has 2 nitrogen and oxygen atoms in total. The van der Waals surface area contributed by atoms with Crippen LogP contribution in [0, 0.1) is 5.92 Å². The largest absolute Gasteiger partial charge is 0.346 e. The van der Waals surface area contributed by atoms with Crippen molar-refractivity contribution < 1.29 is 4.79 Å². The molecule has 1 amide bonds. The van der Waals surface area contributed by atoms with E-state index in [4.69, 9.17) is 0 Å². The standard InChI is InChI=1S/C15H17NO/c17-14-12-9-10-5-3-4-8-15(10,16-14)13-7-2-1-6-11(12)13/h1-2,6-7,10,12H,3-5,8-9H2,(H,16,17)/t10-,12-,15-/m0/s1. The van der Waals surface area contributed by atoms with Crippen molar-refractivity contribution in [3.63, 3.8) is 0 Å². The summed E-state index contributed by atoms with van der Waals surface area (Å²) >= 11 is 0. The van der Waals surface area contributed by atoms with Crippen LogP contribution >= 0.6 is 0 Å². The second-order valence-corrected chi connectivity index (χ2v) is 5.78. The molecule has 5 rings (SSSR count). The smallest absolute Gasteiger partial charge is 0.228 e. The van der Waals surface area contributed by atoms with E-state index in [0.717, 1.165) is 12.8 Å². The molecule has 1 N–H and O–H groups in total. The van der Waals surface area contributed by atoms with E-state index in [1.165, 1.54) is 30.4 Å². The van der Waals surface area contributed by atoms with Crippen LogP contribution in [0.25, 0.3) is 0 Å². The second-order valence-electron chi connectivity index (χ2n) is 5.78. The number of hydrogen-bond acceptors (Lipinski definition) is 1. The summed E-state index contributed by atoms with van der Waals surface area (Å²) in [5, 5.41) is 3.35. The minimum Gasteiger partial charge on any atom is -0.346 e. The molecule has 4 aliphatic rings. The Kier molecular flexibility index (Phi) is 1.78. The van der Waals surface area contributed by atoms with Gasteiger partial charge >= 0.3 is 0 Å². The second kappa shape index (κ2) is 3.12. The van der Waals surface area contributed by atoms with Crippen LogP contribution in [0.5, 0.6) is 0 Å². The maximum absolute atomic E-state index is 12.2. The highest BCUT2D eigenvalue weighted by molar-refractivity contribution is 5.88. The van der Waals surface area contributed by atoms with Gasteiger partial charge in [0.25, 0.3) is 0 Å². The van der Waals surface area contributed by atoms with Crippen molar-refractivity contribution in [3.05, 3.63) is 35.4 Å². The molecule has 2 aliphatic carbocycles. The number of piperidine rings is 1. The third-order valence-corrected chi connectivity index (χ3v) is 5.07. The van der Waals surface area contributed by atoms with Gasteiger partial charge in [0.15, 0.2) is 0 Å². The first-order valence-electron chi connectivity index (χ1n) is 6.73. The summed E-state index contributed by atoms with van der Waals surface area (Å²) in [7, 11) is 0. The number of carbonyl (C=O) groups excluding carboxylic acids is 1. The van der Waals surface area contributed by atoms with Gasteiger partial charge in [0.1, 0.15) is 0 Å². The van der Waals surface area contributed by atoms with Crippen LogP contribution in [0.3, 0.4) is 0 Å². The normalized spacial score (nSPS) is 38.2. The topological polar surface area (TPSA) is 29.1 Å². The van der Waals surface area contributed by atoms with E-state index in [2.05, 4.69) is 29.6 Å². The number of rotatable bonds is 0. The van der Waals surface area contributed by atoms with Gasteiger partial charge in [-0.15, -0.1) is 0 Å². The SMILES string of the molecule is O=C1N[C@@]23CCCC[C@H]2C[C@H]1c1ccccc13. The zero-order chi connectivity index (χ0) is 11.5. The molecule has 88 valence electrons. The van der Waals surface area contributed by atoms with Crippen LogP contribution in [-0.2, 0) is 10.3 Å². The molecule has 3 atom stereocenters. The molecule has 17 heavy (non-hydrogen) atoms. The zero-order valence-corrected chi connectivity index (χ0v) is 9.91. The predicted octanol–water partition coefficient (Wildman–Crippen LogP) is 2.69. The molecule has 1 saturated heterocycles. The number of amides is 1. The van der Waals surface area contributed by atoms with Crippen LogP contribution in [0.2, 0.25) is 0 Å². The van der Waals surface area contributed by atoms with Gasteiger partial charge in [-0.05, 0) is 36.3 Å². The molecule has 1 spiro atoms. The first-order valence-corrected chi connectivity index (χ1v) is 6.73. The lowest BCUT2D eigenvalue weighted by atomic mass is 9.57. The molecule has 2 heteroatoms.